The highest BCUT2D eigenvalue weighted by molar-refractivity contribution is 6.34. The third-order valence-corrected chi connectivity index (χ3v) is 10.2. The molecular formula is C23H28Cl2O5. The van der Waals surface area contributed by atoms with Crippen LogP contribution in [0.4, 0.5) is 0 Å². The molecule has 0 heterocycles. The normalized spacial score (nSPS) is 47.1. The summed E-state index contributed by atoms with van der Waals surface area (Å²) in [5.74, 6) is -1.07. The summed E-state index contributed by atoms with van der Waals surface area (Å²) < 4.78 is 4.90. The van der Waals surface area contributed by atoms with E-state index in [4.69, 9.17) is 27.9 Å². The molecule has 30 heavy (non-hydrogen) atoms. The van der Waals surface area contributed by atoms with Crippen LogP contribution in [0.3, 0.4) is 0 Å². The minimum atomic E-state index is -1.60. The van der Waals surface area contributed by atoms with E-state index in [2.05, 4.69) is 0 Å². The fraction of sp³-hybridized carbons (Fsp3) is 0.696. The average molecular weight is 455 g/mol. The lowest BCUT2D eigenvalue weighted by Crippen LogP contribution is -2.67. The summed E-state index contributed by atoms with van der Waals surface area (Å²) in [5, 5.41) is 11.0. The van der Waals surface area contributed by atoms with Crippen LogP contribution in [0.2, 0.25) is 0 Å². The van der Waals surface area contributed by atoms with Crippen LogP contribution in [0.5, 0.6) is 0 Å². The Hall–Kier alpha value is -1.17. The van der Waals surface area contributed by atoms with Gasteiger partial charge in [0.05, 0.1) is 10.3 Å². The number of aliphatic hydroxyl groups is 1. The smallest absolute Gasteiger partial charge is 0.303 e. The van der Waals surface area contributed by atoms with Crippen molar-refractivity contribution in [3.63, 3.8) is 0 Å². The maximum absolute atomic E-state index is 12.9. The van der Waals surface area contributed by atoms with Crippen LogP contribution in [-0.4, -0.2) is 45.1 Å². The second kappa shape index (κ2) is 6.91. The van der Waals surface area contributed by atoms with E-state index in [1.54, 1.807) is 12.2 Å². The molecule has 4 aliphatic rings. The van der Waals surface area contributed by atoms with Crippen molar-refractivity contribution in [3.8, 4) is 0 Å². The van der Waals surface area contributed by atoms with Gasteiger partial charge in [0.1, 0.15) is 5.60 Å². The molecule has 4 aliphatic carbocycles. The predicted octanol–water partition coefficient (Wildman–Crippen LogP) is 3.74. The van der Waals surface area contributed by atoms with Crippen molar-refractivity contribution in [2.45, 2.75) is 68.7 Å². The third kappa shape index (κ3) is 2.67. The number of fused-ring (bicyclic) bond motifs is 5. The van der Waals surface area contributed by atoms with Gasteiger partial charge in [0.2, 0.25) is 5.78 Å². The van der Waals surface area contributed by atoms with Gasteiger partial charge in [0, 0.05) is 17.8 Å². The predicted molar refractivity (Wildman–Crippen MR) is 113 cm³/mol. The largest absolute Gasteiger partial charge is 0.458 e. The van der Waals surface area contributed by atoms with Crippen LogP contribution in [0, 0.1) is 22.7 Å². The summed E-state index contributed by atoms with van der Waals surface area (Å²) in [6.45, 7) is 4.78. The van der Waals surface area contributed by atoms with Gasteiger partial charge in [-0.25, -0.2) is 0 Å². The molecule has 3 fully saturated rings. The summed E-state index contributed by atoms with van der Waals surface area (Å²) >= 11 is 14.4. The Balaban J connectivity index is 1.72. The highest BCUT2D eigenvalue weighted by Gasteiger charge is 2.72. The van der Waals surface area contributed by atoms with Crippen LogP contribution in [0.15, 0.2) is 23.8 Å². The van der Waals surface area contributed by atoms with E-state index in [9.17, 15) is 19.5 Å². The lowest BCUT2D eigenvalue weighted by atomic mass is 9.46. The van der Waals surface area contributed by atoms with Crippen molar-refractivity contribution < 1.29 is 24.2 Å². The van der Waals surface area contributed by atoms with Crippen molar-refractivity contribution in [3.05, 3.63) is 23.8 Å². The van der Waals surface area contributed by atoms with Gasteiger partial charge in [-0.2, -0.15) is 0 Å². The van der Waals surface area contributed by atoms with Crippen LogP contribution >= 0.6 is 23.2 Å². The van der Waals surface area contributed by atoms with E-state index in [1.165, 1.54) is 6.92 Å². The minimum Gasteiger partial charge on any atom is -0.458 e. The van der Waals surface area contributed by atoms with E-state index >= 15 is 0 Å². The van der Waals surface area contributed by atoms with Gasteiger partial charge in [0.25, 0.3) is 0 Å². The number of esters is 1. The number of carbonyl (C=O) groups is 3. The number of allylic oxidation sites excluding steroid dienone is 4. The molecule has 3 saturated carbocycles. The molecule has 5 nitrogen and oxygen atoms in total. The zero-order valence-electron chi connectivity index (χ0n) is 17.5. The number of hydrogen-bond acceptors (Lipinski definition) is 5. The summed E-state index contributed by atoms with van der Waals surface area (Å²) in [7, 11) is 0. The minimum absolute atomic E-state index is 0.000631. The van der Waals surface area contributed by atoms with Gasteiger partial charge < -0.3 is 9.84 Å². The van der Waals surface area contributed by atoms with Crippen molar-refractivity contribution in [2.75, 3.05) is 6.61 Å². The number of alkyl halides is 2. The van der Waals surface area contributed by atoms with Crippen molar-refractivity contribution in [2.24, 2.45) is 22.7 Å². The summed E-state index contributed by atoms with van der Waals surface area (Å²) in [6, 6.07) is 0. The molecule has 164 valence electrons. The average Bonchev–Trinajstić information content (AvgIpc) is 2.94. The Bertz CT molecular complexity index is 881. The zero-order chi connectivity index (χ0) is 22.1. The first-order chi connectivity index (χ1) is 13.9. The summed E-state index contributed by atoms with van der Waals surface area (Å²) in [6.07, 6.45) is 7.97. The molecule has 0 saturated heterocycles. The SMILES string of the molecule is CC(=O)OCC(=O)[C@@]1(O)CC[C@H]2[C@@H]3CCC4=CC(=O)C=C[C@]4(C)[C@@]3(Cl)[C@@H](Cl)C[C@@]21C. The number of rotatable bonds is 3. The van der Waals surface area contributed by atoms with Crippen LogP contribution < -0.4 is 0 Å². The Labute approximate surface area is 186 Å². The van der Waals surface area contributed by atoms with Crippen molar-refractivity contribution >= 4 is 40.7 Å². The number of Topliss-reactive ketones (excluding diaryl/α,β-unsaturated/α-hetero) is 1. The number of ketones is 2. The third-order valence-electron chi connectivity index (χ3n) is 8.62. The van der Waals surface area contributed by atoms with Gasteiger partial charge in [-0.05, 0) is 56.1 Å². The van der Waals surface area contributed by atoms with Crippen LogP contribution in [-0.2, 0) is 19.1 Å². The molecule has 0 amide bonds. The standard InChI is InChI=1S/C23H28Cl2O5/c1-13(26)30-12-19(28)22(29)9-7-16-17-5-4-14-10-15(27)6-8-20(14,2)23(17,25)18(24)11-21(16,22)3/h6,8,10,16-18,29H,4-5,7,9,11-12H2,1-3H3/t16-,17-,18-,20-,21-,22-,23-/m0/s1. The first-order valence-electron chi connectivity index (χ1n) is 10.6. The molecule has 0 aromatic carbocycles. The van der Waals surface area contributed by atoms with E-state index in [1.807, 2.05) is 19.9 Å². The van der Waals surface area contributed by atoms with Gasteiger partial charge in [-0.3, -0.25) is 14.4 Å². The second-order valence-electron chi connectivity index (χ2n) is 9.82. The van der Waals surface area contributed by atoms with Crippen LogP contribution in [0.25, 0.3) is 0 Å². The number of hydrogen-bond donors (Lipinski definition) is 1. The molecule has 4 rings (SSSR count). The van der Waals surface area contributed by atoms with E-state index in [0.29, 0.717) is 19.3 Å². The lowest BCUT2D eigenvalue weighted by molar-refractivity contribution is -0.167. The summed E-state index contributed by atoms with van der Waals surface area (Å²) in [5.41, 5.74) is -1.91. The molecule has 7 heteroatoms. The Kier molecular flexibility index (Phi) is 5.08. The lowest BCUT2D eigenvalue weighted by Gasteiger charge is -2.63. The molecular weight excluding hydrogens is 427 g/mol. The fourth-order valence-electron chi connectivity index (χ4n) is 6.89. The number of halogens is 2. The molecule has 0 bridgehead atoms. The fourth-order valence-corrected chi connectivity index (χ4v) is 8.13. The van der Waals surface area contributed by atoms with E-state index < -0.39 is 45.0 Å². The molecule has 0 radical (unpaired) electrons. The molecule has 0 aromatic heterocycles. The van der Waals surface area contributed by atoms with Gasteiger partial charge in [-0.15, -0.1) is 23.2 Å². The van der Waals surface area contributed by atoms with Gasteiger partial charge in [0.15, 0.2) is 12.4 Å². The van der Waals surface area contributed by atoms with E-state index in [0.717, 1.165) is 18.4 Å². The molecule has 0 unspecified atom stereocenters. The highest BCUT2D eigenvalue weighted by atomic mass is 35.5. The maximum Gasteiger partial charge on any atom is 0.303 e. The Morgan fingerprint density at radius 2 is 1.97 bits per heavy atom. The highest BCUT2D eigenvalue weighted by Crippen LogP contribution is 2.71. The van der Waals surface area contributed by atoms with E-state index in [-0.39, 0.29) is 17.6 Å². The molecule has 0 aromatic rings. The van der Waals surface area contributed by atoms with Crippen molar-refractivity contribution in [1.82, 2.24) is 0 Å². The number of ether oxygens (including phenoxy) is 1. The Morgan fingerprint density at radius 1 is 1.27 bits per heavy atom. The molecule has 0 spiro atoms. The molecule has 1 N–H and O–H groups in total. The Morgan fingerprint density at radius 3 is 2.63 bits per heavy atom. The first-order valence-corrected chi connectivity index (χ1v) is 11.4. The van der Waals surface area contributed by atoms with Crippen molar-refractivity contribution in [1.29, 1.82) is 0 Å². The first kappa shape index (κ1) is 22.0. The molecule has 0 aliphatic heterocycles. The summed E-state index contributed by atoms with van der Waals surface area (Å²) in [4.78, 5) is 35.3. The van der Waals surface area contributed by atoms with Crippen LogP contribution in [0.1, 0.15) is 52.9 Å². The quantitative estimate of drug-likeness (QED) is 0.518. The second-order valence-corrected chi connectivity index (χ2v) is 11.0. The van der Waals surface area contributed by atoms with Gasteiger partial charge >= 0.3 is 5.97 Å². The maximum atomic E-state index is 12.9. The number of carbonyl (C=O) groups excluding carboxylic acids is 3. The molecule has 7 atom stereocenters. The topological polar surface area (TPSA) is 80.7 Å². The monoisotopic (exact) mass is 454 g/mol. The van der Waals surface area contributed by atoms with Gasteiger partial charge in [-0.1, -0.05) is 25.5 Å². The zero-order valence-corrected chi connectivity index (χ0v) is 19.1.